The zero-order valence-corrected chi connectivity index (χ0v) is 13.8. The molecule has 0 radical (unpaired) electrons. The molecule has 1 aromatic heterocycles. The molecule has 2 rings (SSSR count). The lowest BCUT2D eigenvalue weighted by Crippen LogP contribution is -2.49. The number of amides is 1. The molecule has 1 amide bonds. The molecule has 0 aliphatic carbocycles. The molecule has 0 atom stereocenters. The van der Waals surface area contributed by atoms with E-state index in [9.17, 15) is 4.79 Å². The maximum absolute atomic E-state index is 12.0. The number of carbonyl (C=O) groups is 1. The largest absolute Gasteiger partial charge is 0.497 e. The first-order valence-electron chi connectivity index (χ1n) is 7.56. The summed E-state index contributed by atoms with van der Waals surface area (Å²) in [6.07, 6.45) is 1.51. The molecule has 0 saturated carbocycles. The number of ether oxygens (including phenoxy) is 2. The molecule has 6 nitrogen and oxygen atoms in total. The minimum atomic E-state index is -0.229. The second-order valence-corrected chi connectivity index (χ2v) is 6.64. The topological polar surface area (TPSA) is 54.9 Å². The highest BCUT2D eigenvalue weighted by Gasteiger charge is 2.24. The summed E-state index contributed by atoms with van der Waals surface area (Å²) in [5, 5.41) is 0. The van der Waals surface area contributed by atoms with E-state index in [2.05, 4.69) is 9.88 Å². The molecule has 6 heteroatoms. The molecule has 1 aromatic rings. The summed E-state index contributed by atoms with van der Waals surface area (Å²) in [7, 11) is 1.64. The summed E-state index contributed by atoms with van der Waals surface area (Å²) in [4.78, 5) is 20.3. The zero-order chi connectivity index (χ0) is 16.2. The molecular formula is C16H25N3O3. The van der Waals surface area contributed by atoms with E-state index in [1.54, 1.807) is 18.2 Å². The van der Waals surface area contributed by atoms with E-state index in [-0.39, 0.29) is 11.5 Å². The van der Waals surface area contributed by atoms with Crippen LogP contribution >= 0.6 is 0 Å². The van der Waals surface area contributed by atoms with Crippen LogP contribution in [0, 0.1) is 5.41 Å². The van der Waals surface area contributed by atoms with Crippen LogP contribution in [0.15, 0.2) is 18.3 Å². The van der Waals surface area contributed by atoms with E-state index in [4.69, 9.17) is 9.47 Å². The van der Waals surface area contributed by atoms with Gasteiger partial charge in [-0.15, -0.1) is 0 Å². The molecule has 0 unspecified atom stereocenters. The number of piperazine rings is 1. The van der Waals surface area contributed by atoms with Gasteiger partial charge in [0.25, 0.3) is 0 Å². The molecule has 0 N–H and O–H groups in total. The smallest absolute Gasteiger partial charge is 0.409 e. The Bertz CT molecular complexity index is 506. The van der Waals surface area contributed by atoms with Crippen LogP contribution in [-0.4, -0.2) is 55.9 Å². The average molecular weight is 307 g/mol. The zero-order valence-electron chi connectivity index (χ0n) is 13.8. The van der Waals surface area contributed by atoms with Crippen LogP contribution in [0.1, 0.15) is 20.8 Å². The Morgan fingerprint density at radius 3 is 2.55 bits per heavy atom. The molecule has 2 heterocycles. The predicted octanol–water partition coefficient (Wildman–Crippen LogP) is 2.39. The number of anilines is 1. The number of hydrogen-bond donors (Lipinski definition) is 0. The van der Waals surface area contributed by atoms with Gasteiger partial charge in [0.1, 0.15) is 11.6 Å². The Labute approximate surface area is 132 Å². The van der Waals surface area contributed by atoms with Crippen molar-refractivity contribution in [1.82, 2.24) is 9.88 Å². The fraction of sp³-hybridized carbons (Fsp3) is 0.625. The summed E-state index contributed by atoms with van der Waals surface area (Å²) < 4.78 is 10.6. The third-order valence-electron chi connectivity index (χ3n) is 3.44. The van der Waals surface area contributed by atoms with Gasteiger partial charge < -0.3 is 19.3 Å². The van der Waals surface area contributed by atoms with Crippen molar-refractivity contribution < 1.29 is 14.3 Å². The summed E-state index contributed by atoms with van der Waals surface area (Å²) in [5.41, 5.74) is -0.0119. The van der Waals surface area contributed by atoms with Crippen LogP contribution < -0.4 is 9.64 Å². The van der Waals surface area contributed by atoms with Crippen LogP contribution in [-0.2, 0) is 4.74 Å². The first kappa shape index (κ1) is 16.4. The van der Waals surface area contributed by atoms with E-state index < -0.39 is 0 Å². The summed E-state index contributed by atoms with van der Waals surface area (Å²) >= 11 is 0. The average Bonchev–Trinajstić information content (AvgIpc) is 2.52. The second-order valence-electron chi connectivity index (χ2n) is 6.64. The van der Waals surface area contributed by atoms with Gasteiger partial charge in [-0.25, -0.2) is 9.78 Å². The minimum Gasteiger partial charge on any atom is -0.497 e. The third kappa shape index (κ3) is 4.51. The Hall–Kier alpha value is -1.98. The maximum Gasteiger partial charge on any atom is 0.409 e. The highest BCUT2D eigenvalue weighted by molar-refractivity contribution is 5.68. The predicted molar refractivity (Wildman–Crippen MR) is 85.4 cm³/mol. The molecule has 22 heavy (non-hydrogen) atoms. The van der Waals surface area contributed by atoms with E-state index in [0.29, 0.717) is 19.7 Å². The molecule has 0 bridgehead atoms. The Kier molecular flexibility index (Phi) is 5.11. The Morgan fingerprint density at radius 1 is 1.27 bits per heavy atom. The molecule has 0 aromatic carbocycles. The molecule has 1 saturated heterocycles. The van der Waals surface area contributed by atoms with Gasteiger partial charge in [0.15, 0.2) is 0 Å². The lowest BCUT2D eigenvalue weighted by Gasteiger charge is -2.35. The number of rotatable bonds is 3. The van der Waals surface area contributed by atoms with E-state index in [0.717, 1.165) is 24.7 Å². The maximum atomic E-state index is 12.0. The van der Waals surface area contributed by atoms with Crippen molar-refractivity contribution in [3.05, 3.63) is 18.3 Å². The van der Waals surface area contributed by atoms with Crippen molar-refractivity contribution >= 4 is 11.9 Å². The molecule has 1 fully saturated rings. The Balaban J connectivity index is 1.86. The second kappa shape index (κ2) is 6.85. The molecular weight excluding hydrogens is 282 g/mol. The quantitative estimate of drug-likeness (QED) is 0.858. The van der Waals surface area contributed by atoms with Crippen LogP contribution in [0.25, 0.3) is 0 Å². The SMILES string of the molecule is COc1ccnc(N2CCN(C(=O)OCC(C)(C)C)CC2)c1. The van der Waals surface area contributed by atoms with E-state index >= 15 is 0 Å². The lowest BCUT2D eigenvalue weighted by molar-refractivity contribution is 0.0707. The van der Waals surface area contributed by atoms with Crippen LogP contribution in [0.2, 0.25) is 0 Å². The standard InChI is InChI=1S/C16H25N3O3/c1-16(2,3)12-22-15(20)19-9-7-18(8-10-19)14-11-13(21-4)5-6-17-14/h5-6,11H,7-10,12H2,1-4H3. The van der Waals surface area contributed by atoms with E-state index in [1.165, 1.54) is 0 Å². The van der Waals surface area contributed by atoms with Crippen LogP contribution in [0.5, 0.6) is 5.75 Å². The van der Waals surface area contributed by atoms with Gasteiger partial charge in [-0.1, -0.05) is 20.8 Å². The van der Waals surface area contributed by atoms with Gasteiger partial charge in [-0.05, 0) is 11.5 Å². The first-order chi connectivity index (χ1) is 10.4. The van der Waals surface area contributed by atoms with Crippen molar-refractivity contribution in [2.24, 2.45) is 5.41 Å². The fourth-order valence-corrected chi connectivity index (χ4v) is 2.19. The fourth-order valence-electron chi connectivity index (χ4n) is 2.19. The van der Waals surface area contributed by atoms with Crippen molar-refractivity contribution in [2.45, 2.75) is 20.8 Å². The monoisotopic (exact) mass is 307 g/mol. The van der Waals surface area contributed by atoms with Gasteiger partial charge in [0.2, 0.25) is 0 Å². The van der Waals surface area contributed by atoms with Crippen molar-refractivity contribution in [1.29, 1.82) is 0 Å². The number of carbonyl (C=O) groups excluding carboxylic acids is 1. The van der Waals surface area contributed by atoms with Gasteiger partial charge in [0.05, 0.1) is 13.7 Å². The molecule has 0 spiro atoms. The number of methoxy groups -OCH3 is 1. The minimum absolute atomic E-state index is 0.0119. The molecule has 1 aliphatic heterocycles. The number of aromatic nitrogens is 1. The summed E-state index contributed by atoms with van der Waals surface area (Å²) in [6, 6.07) is 3.73. The number of pyridine rings is 1. The lowest BCUT2D eigenvalue weighted by atomic mass is 9.99. The summed E-state index contributed by atoms with van der Waals surface area (Å²) in [5.74, 6) is 1.67. The highest BCUT2D eigenvalue weighted by Crippen LogP contribution is 2.20. The van der Waals surface area contributed by atoms with Crippen molar-refractivity contribution in [3.8, 4) is 5.75 Å². The Morgan fingerprint density at radius 2 is 1.95 bits per heavy atom. The highest BCUT2D eigenvalue weighted by atomic mass is 16.6. The molecule has 1 aliphatic rings. The van der Waals surface area contributed by atoms with Gasteiger partial charge >= 0.3 is 6.09 Å². The van der Waals surface area contributed by atoms with Gasteiger partial charge in [-0.3, -0.25) is 0 Å². The number of hydrogen-bond acceptors (Lipinski definition) is 5. The molecule has 122 valence electrons. The van der Waals surface area contributed by atoms with Crippen molar-refractivity contribution in [2.75, 3.05) is 44.8 Å². The van der Waals surface area contributed by atoms with Crippen LogP contribution in [0.3, 0.4) is 0 Å². The summed E-state index contributed by atoms with van der Waals surface area (Å²) in [6.45, 7) is 9.34. The van der Waals surface area contributed by atoms with Crippen molar-refractivity contribution in [3.63, 3.8) is 0 Å². The van der Waals surface area contributed by atoms with E-state index in [1.807, 2.05) is 32.9 Å². The van der Waals surface area contributed by atoms with Gasteiger partial charge in [-0.2, -0.15) is 0 Å². The number of nitrogens with zero attached hydrogens (tertiary/aromatic N) is 3. The van der Waals surface area contributed by atoms with Crippen LogP contribution in [0.4, 0.5) is 10.6 Å². The van der Waals surface area contributed by atoms with Gasteiger partial charge in [0, 0.05) is 38.4 Å². The normalized spacial score (nSPS) is 15.6. The first-order valence-corrected chi connectivity index (χ1v) is 7.56. The third-order valence-corrected chi connectivity index (χ3v) is 3.44.